The van der Waals surface area contributed by atoms with Crippen molar-refractivity contribution in [3.05, 3.63) is 36.7 Å². The fraction of sp³-hybridized carbons (Fsp3) is 0.476. The van der Waals surface area contributed by atoms with Crippen LogP contribution in [0.3, 0.4) is 0 Å². The second kappa shape index (κ2) is 10.7. The molecule has 7 nitrogen and oxygen atoms in total. The predicted molar refractivity (Wildman–Crippen MR) is 134 cm³/mol. The van der Waals surface area contributed by atoms with Gasteiger partial charge < -0.3 is 20.9 Å². The summed E-state index contributed by atoms with van der Waals surface area (Å²) in [6.07, 6.45) is 7.30. The molecule has 3 aromatic rings. The molecule has 2 aromatic heterocycles. The molecule has 31 heavy (non-hydrogen) atoms. The average molecular weight is 482 g/mol. The summed E-state index contributed by atoms with van der Waals surface area (Å²) in [5, 5.41) is 7.01. The van der Waals surface area contributed by atoms with Crippen molar-refractivity contribution in [3.63, 3.8) is 0 Å². The average Bonchev–Trinajstić information content (AvgIpc) is 3.40. The lowest BCUT2D eigenvalue weighted by Crippen LogP contribution is -2.33. The van der Waals surface area contributed by atoms with Gasteiger partial charge in [-0.25, -0.2) is 4.98 Å². The van der Waals surface area contributed by atoms with Crippen LogP contribution in [0.1, 0.15) is 38.1 Å². The minimum Gasteiger partial charge on any atom is -0.351 e. The summed E-state index contributed by atoms with van der Waals surface area (Å²) >= 11 is 1.99. The Hall–Kier alpha value is -1.74. The van der Waals surface area contributed by atoms with Crippen molar-refractivity contribution in [1.29, 1.82) is 0 Å². The molecule has 0 radical (unpaired) electrons. The first-order valence-electron chi connectivity index (χ1n) is 10.4. The molecule has 1 unspecified atom stereocenters. The number of para-hydroxylation sites is 1. The van der Waals surface area contributed by atoms with Crippen LogP contribution in [-0.2, 0) is 0 Å². The zero-order chi connectivity index (χ0) is 19.6. The fourth-order valence-corrected chi connectivity index (χ4v) is 5.39. The molecule has 2 fully saturated rings. The van der Waals surface area contributed by atoms with Crippen LogP contribution in [0.4, 0.5) is 17.5 Å². The molecule has 0 amide bonds. The smallest absolute Gasteiger partial charge is 0.227 e. The van der Waals surface area contributed by atoms with E-state index in [0.29, 0.717) is 24.1 Å². The summed E-state index contributed by atoms with van der Waals surface area (Å²) in [7, 11) is 0. The molecule has 1 saturated carbocycles. The number of nitrogens with zero attached hydrogens (tertiary/aromatic N) is 4. The van der Waals surface area contributed by atoms with Gasteiger partial charge >= 0.3 is 0 Å². The van der Waals surface area contributed by atoms with Crippen molar-refractivity contribution in [2.75, 3.05) is 22.1 Å². The quantitative estimate of drug-likeness (QED) is 0.482. The first-order valence-corrected chi connectivity index (χ1v) is 11.6. The molecule has 1 aliphatic heterocycles. The second-order valence-electron chi connectivity index (χ2n) is 7.98. The maximum Gasteiger partial charge on any atom is 0.227 e. The molecule has 2 aliphatic rings. The Balaban J connectivity index is 0.00000136. The summed E-state index contributed by atoms with van der Waals surface area (Å²) < 4.78 is 2.23. The summed E-state index contributed by atoms with van der Waals surface area (Å²) in [5.41, 5.74) is 8.79. The van der Waals surface area contributed by atoms with Crippen LogP contribution < -0.4 is 16.4 Å². The van der Waals surface area contributed by atoms with E-state index >= 15 is 0 Å². The first-order chi connectivity index (χ1) is 14.3. The van der Waals surface area contributed by atoms with Crippen LogP contribution in [0.25, 0.3) is 11.2 Å². The van der Waals surface area contributed by atoms with Gasteiger partial charge in [-0.05, 0) is 50.0 Å². The third kappa shape index (κ3) is 5.37. The number of thioether (sulfide) groups is 1. The topological polar surface area (TPSA) is 93.7 Å². The maximum absolute atomic E-state index is 6.07. The van der Waals surface area contributed by atoms with E-state index in [0.717, 1.165) is 60.5 Å². The highest BCUT2D eigenvalue weighted by molar-refractivity contribution is 7.99. The molecule has 5 rings (SSSR count). The largest absolute Gasteiger partial charge is 0.351 e. The van der Waals surface area contributed by atoms with Crippen molar-refractivity contribution >= 4 is 65.2 Å². The number of nitrogens with one attached hydrogen (secondary N) is 2. The van der Waals surface area contributed by atoms with Crippen molar-refractivity contribution < 1.29 is 0 Å². The van der Waals surface area contributed by atoms with Crippen LogP contribution in [0.2, 0.25) is 0 Å². The molecular weight excluding hydrogens is 453 g/mol. The van der Waals surface area contributed by atoms with E-state index in [1.54, 1.807) is 0 Å². The lowest BCUT2D eigenvalue weighted by atomic mass is 9.92. The zero-order valence-electron chi connectivity index (χ0n) is 17.2. The lowest BCUT2D eigenvalue weighted by Gasteiger charge is -2.27. The van der Waals surface area contributed by atoms with Gasteiger partial charge in [0.15, 0.2) is 17.0 Å². The van der Waals surface area contributed by atoms with Gasteiger partial charge in [-0.15, -0.1) is 24.8 Å². The van der Waals surface area contributed by atoms with E-state index in [2.05, 4.69) is 20.2 Å². The van der Waals surface area contributed by atoms with E-state index < -0.39 is 0 Å². The number of hydrogen-bond donors (Lipinski definition) is 3. The minimum atomic E-state index is 0. The van der Waals surface area contributed by atoms with E-state index in [4.69, 9.17) is 15.7 Å². The molecule has 4 N–H and O–H groups in total. The minimum absolute atomic E-state index is 0. The van der Waals surface area contributed by atoms with Crippen molar-refractivity contribution in [2.24, 2.45) is 5.73 Å². The lowest BCUT2D eigenvalue weighted by molar-refractivity contribution is 0.410. The second-order valence-corrected chi connectivity index (χ2v) is 9.13. The number of hydrogen-bond acceptors (Lipinski definition) is 7. The fourth-order valence-electron chi connectivity index (χ4n) is 4.18. The standard InChI is InChI=1S/C21H27N7S.2ClH/c22-14-6-8-16(9-7-14)25-21-26-19(24-15-4-2-1-3-5-15)18-20(27-21)28(13-23-18)17-10-11-29-12-17;;/h1-5,13-14,16-17H,6-12,22H2,(H2,24,25,26,27);2*1H. The highest BCUT2D eigenvalue weighted by Gasteiger charge is 2.24. The Labute approximate surface area is 199 Å². The number of rotatable bonds is 5. The summed E-state index contributed by atoms with van der Waals surface area (Å²) in [6.45, 7) is 0. The van der Waals surface area contributed by atoms with Gasteiger partial charge in [-0.1, -0.05) is 18.2 Å². The number of halogens is 2. The third-order valence-corrected chi connectivity index (χ3v) is 7.01. The molecule has 168 valence electrons. The zero-order valence-corrected chi connectivity index (χ0v) is 19.7. The SMILES string of the molecule is Cl.Cl.NC1CCC(Nc2nc(Nc3ccccc3)c3ncn(C4CCSC4)c3n2)CC1. The van der Waals surface area contributed by atoms with Gasteiger partial charge in [-0.2, -0.15) is 21.7 Å². The molecule has 1 atom stereocenters. The van der Waals surface area contributed by atoms with E-state index in [9.17, 15) is 0 Å². The highest BCUT2D eigenvalue weighted by atomic mass is 35.5. The molecule has 1 saturated heterocycles. The molecular formula is C21H29Cl2N7S. The normalized spacial score (nSPS) is 23.1. The molecule has 1 aromatic carbocycles. The van der Waals surface area contributed by atoms with Crippen molar-refractivity contribution in [3.8, 4) is 0 Å². The predicted octanol–water partition coefficient (Wildman–Crippen LogP) is 4.77. The number of anilines is 3. The van der Waals surface area contributed by atoms with Crippen LogP contribution in [0.5, 0.6) is 0 Å². The van der Waals surface area contributed by atoms with E-state index in [-0.39, 0.29) is 24.8 Å². The first kappa shape index (κ1) is 23.9. The van der Waals surface area contributed by atoms with Gasteiger partial charge in [0.25, 0.3) is 0 Å². The summed E-state index contributed by atoms with van der Waals surface area (Å²) in [4.78, 5) is 14.4. The van der Waals surface area contributed by atoms with Crippen LogP contribution in [-0.4, -0.2) is 43.1 Å². The Morgan fingerprint density at radius 1 is 1.00 bits per heavy atom. The number of aromatic nitrogens is 4. The Kier molecular flexibility index (Phi) is 8.27. The van der Waals surface area contributed by atoms with Crippen LogP contribution in [0, 0.1) is 0 Å². The molecule has 3 heterocycles. The number of imidazole rings is 1. The number of benzene rings is 1. The van der Waals surface area contributed by atoms with Gasteiger partial charge in [0.05, 0.1) is 6.33 Å². The highest BCUT2D eigenvalue weighted by Crippen LogP contribution is 2.32. The van der Waals surface area contributed by atoms with Crippen molar-refractivity contribution in [2.45, 2.75) is 50.2 Å². The Morgan fingerprint density at radius 3 is 2.48 bits per heavy atom. The molecule has 1 aliphatic carbocycles. The Bertz CT molecular complexity index is 971. The maximum atomic E-state index is 6.07. The Morgan fingerprint density at radius 2 is 1.77 bits per heavy atom. The summed E-state index contributed by atoms with van der Waals surface area (Å²) in [5.74, 6) is 3.72. The monoisotopic (exact) mass is 481 g/mol. The molecule has 0 bridgehead atoms. The van der Waals surface area contributed by atoms with Gasteiger partial charge in [0, 0.05) is 29.6 Å². The van der Waals surface area contributed by atoms with Crippen molar-refractivity contribution in [1.82, 2.24) is 19.5 Å². The van der Waals surface area contributed by atoms with E-state index in [1.165, 1.54) is 5.75 Å². The molecule has 10 heteroatoms. The van der Waals surface area contributed by atoms with E-state index in [1.807, 2.05) is 48.4 Å². The van der Waals surface area contributed by atoms with Crippen LogP contribution in [0.15, 0.2) is 36.7 Å². The number of fused-ring (bicyclic) bond motifs is 1. The van der Waals surface area contributed by atoms with Gasteiger partial charge in [0.2, 0.25) is 5.95 Å². The van der Waals surface area contributed by atoms with Gasteiger partial charge in [-0.3, -0.25) is 0 Å². The number of nitrogens with two attached hydrogens (primary N) is 1. The summed E-state index contributed by atoms with van der Waals surface area (Å²) in [6, 6.07) is 11.3. The van der Waals surface area contributed by atoms with Gasteiger partial charge in [0.1, 0.15) is 0 Å². The van der Waals surface area contributed by atoms with Crippen LogP contribution >= 0.6 is 36.6 Å². The third-order valence-electron chi connectivity index (χ3n) is 5.86. The molecule has 0 spiro atoms.